The number of nitrogens with two attached hydrogens (primary N) is 1. The number of amidine groups is 1. The van der Waals surface area contributed by atoms with Gasteiger partial charge in [-0.05, 0) is 12.0 Å². The van der Waals surface area contributed by atoms with Crippen LogP contribution in [0.2, 0.25) is 0 Å². The highest BCUT2D eigenvalue weighted by atomic mass is 16.2. The minimum Gasteiger partial charge on any atom is -0.386 e. The molecule has 1 unspecified atom stereocenters. The lowest BCUT2D eigenvalue weighted by Crippen LogP contribution is -2.58. The predicted octanol–water partition coefficient (Wildman–Crippen LogP) is 0.756. The molecule has 1 heterocycles. The first-order valence-corrected chi connectivity index (χ1v) is 5.41. The van der Waals surface area contributed by atoms with Crippen LogP contribution in [0.3, 0.4) is 0 Å². The van der Waals surface area contributed by atoms with Gasteiger partial charge in [0.2, 0.25) is 11.9 Å². The number of aliphatic imine (C=N–C) groups is 1. The van der Waals surface area contributed by atoms with Crippen LogP contribution in [0, 0.1) is 5.41 Å². The van der Waals surface area contributed by atoms with Crippen LogP contribution in [0.5, 0.6) is 0 Å². The maximum atomic E-state index is 12.2. The first kappa shape index (κ1) is 11.3. The second-order valence-electron chi connectivity index (χ2n) is 3.92. The van der Waals surface area contributed by atoms with Gasteiger partial charge < -0.3 is 5.73 Å². The number of nitrogens with zero attached hydrogens (tertiary/aromatic N) is 1. The van der Waals surface area contributed by atoms with Crippen molar-refractivity contribution in [2.45, 2.75) is 18.8 Å². The Morgan fingerprint density at radius 3 is 2.59 bits per heavy atom. The summed E-state index contributed by atoms with van der Waals surface area (Å²) in [4.78, 5) is 16.0. The zero-order chi connectivity index (χ0) is 12.5. The molecule has 0 bridgehead atoms. The summed E-state index contributed by atoms with van der Waals surface area (Å²) in [5, 5.41) is 9.79. The molecule has 1 aliphatic heterocycles. The fourth-order valence-corrected chi connectivity index (χ4v) is 2.12. The number of amides is 1. The molecule has 0 saturated carbocycles. The Bertz CT molecular complexity index is 494. The first-order valence-electron chi connectivity index (χ1n) is 5.41. The lowest BCUT2D eigenvalue weighted by molar-refractivity contribution is -0.123. The van der Waals surface area contributed by atoms with Gasteiger partial charge in [0.15, 0.2) is 0 Å². The minimum atomic E-state index is -0.953. The molecule has 0 aromatic heterocycles. The molecule has 1 aromatic carbocycles. The van der Waals surface area contributed by atoms with Crippen LogP contribution in [-0.2, 0) is 10.2 Å². The molecule has 0 fully saturated rings. The Balaban J connectivity index is 2.62. The summed E-state index contributed by atoms with van der Waals surface area (Å²) in [5.41, 5.74) is 5.73. The Hall–Kier alpha value is -2.17. The van der Waals surface area contributed by atoms with Gasteiger partial charge in [-0.25, -0.2) is 0 Å². The zero-order valence-electron chi connectivity index (χ0n) is 9.53. The molecule has 5 nitrogen and oxygen atoms in total. The number of hydrogen-bond donors (Lipinski definition) is 3. The number of nitrogens with one attached hydrogen (secondary N) is 2. The molecular weight excluding hydrogens is 216 g/mol. The van der Waals surface area contributed by atoms with E-state index in [2.05, 4.69) is 10.3 Å². The van der Waals surface area contributed by atoms with Crippen molar-refractivity contribution in [1.82, 2.24) is 5.32 Å². The highest BCUT2D eigenvalue weighted by Gasteiger charge is 2.45. The van der Waals surface area contributed by atoms with E-state index in [0.29, 0.717) is 6.42 Å². The topological polar surface area (TPSA) is 91.3 Å². The van der Waals surface area contributed by atoms with E-state index < -0.39 is 5.41 Å². The molecular formula is C12H14N4O. The lowest BCUT2D eigenvalue weighted by atomic mass is 9.75. The lowest BCUT2D eigenvalue weighted by Gasteiger charge is -2.33. The normalized spacial score (nSPS) is 24.2. The molecule has 1 amide bonds. The number of hydrogen-bond acceptors (Lipinski definition) is 3. The molecule has 17 heavy (non-hydrogen) atoms. The van der Waals surface area contributed by atoms with Crippen molar-refractivity contribution in [3.8, 4) is 0 Å². The molecule has 0 spiro atoms. The second-order valence-corrected chi connectivity index (χ2v) is 3.92. The largest absolute Gasteiger partial charge is 0.386 e. The van der Waals surface area contributed by atoms with Crippen molar-refractivity contribution >= 4 is 17.7 Å². The van der Waals surface area contributed by atoms with Crippen LogP contribution in [0.15, 0.2) is 35.3 Å². The Morgan fingerprint density at radius 2 is 2.06 bits per heavy atom. The van der Waals surface area contributed by atoms with Crippen molar-refractivity contribution in [2.75, 3.05) is 0 Å². The molecule has 88 valence electrons. The summed E-state index contributed by atoms with van der Waals surface area (Å²) in [6.07, 6.45) is 0.505. The summed E-state index contributed by atoms with van der Waals surface area (Å²) in [6, 6.07) is 9.28. The molecule has 4 N–H and O–H groups in total. The van der Waals surface area contributed by atoms with Crippen LogP contribution in [0.1, 0.15) is 18.9 Å². The van der Waals surface area contributed by atoms with Gasteiger partial charge >= 0.3 is 0 Å². The SMILES string of the molecule is CCC1(c2ccccc2)C(=O)NC(=N)N=C1N. The van der Waals surface area contributed by atoms with E-state index in [1.807, 2.05) is 37.3 Å². The van der Waals surface area contributed by atoms with E-state index in [4.69, 9.17) is 11.1 Å². The van der Waals surface area contributed by atoms with E-state index in [1.54, 1.807) is 0 Å². The highest BCUT2D eigenvalue weighted by molar-refractivity contribution is 6.22. The predicted molar refractivity (Wildman–Crippen MR) is 65.9 cm³/mol. The van der Waals surface area contributed by atoms with E-state index >= 15 is 0 Å². The number of carbonyl (C=O) groups is 1. The van der Waals surface area contributed by atoms with Crippen LogP contribution < -0.4 is 11.1 Å². The smallest absolute Gasteiger partial charge is 0.245 e. The van der Waals surface area contributed by atoms with Gasteiger partial charge in [-0.15, -0.1) is 0 Å². The third-order valence-corrected chi connectivity index (χ3v) is 3.09. The van der Waals surface area contributed by atoms with Crippen LogP contribution in [0.25, 0.3) is 0 Å². The molecule has 0 radical (unpaired) electrons. The van der Waals surface area contributed by atoms with Crippen LogP contribution >= 0.6 is 0 Å². The molecule has 5 heteroatoms. The summed E-state index contributed by atoms with van der Waals surface area (Å²) in [6.45, 7) is 1.88. The van der Waals surface area contributed by atoms with Crippen molar-refractivity contribution in [1.29, 1.82) is 5.41 Å². The fourth-order valence-electron chi connectivity index (χ4n) is 2.12. The van der Waals surface area contributed by atoms with Gasteiger partial charge in [0, 0.05) is 0 Å². The van der Waals surface area contributed by atoms with E-state index in [-0.39, 0.29) is 17.7 Å². The summed E-state index contributed by atoms with van der Waals surface area (Å²) in [5.74, 6) is -0.309. The second kappa shape index (κ2) is 4.01. The Kier molecular flexibility index (Phi) is 2.67. The third-order valence-electron chi connectivity index (χ3n) is 3.09. The maximum Gasteiger partial charge on any atom is 0.245 e. The zero-order valence-corrected chi connectivity index (χ0v) is 9.53. The van der Waals surface area contributed by atoms with Gasteiger partial charge in [0.1, 0.15) is 11.3 Å². The molecule has 2 rings (SSSR count). The average molecular weight is 230 g/mol. The van der Waals surface area contributed by atoms with Gasteiger partial charge in [0.25, 0.3) is 0 Å². The van der Waals surface area contributed by atoms with Crippen molar-refractivity contribution < 1.29 is 4.79 Å². The van der Waals surface area contributed by atoms with Gasteiger partial charge in [-0.3, -0.25) is 15.5 Å². The van der Waals surface area contributed by atoms with E-state index in [9.17, 15) is 4.79 Å². The summed E-state index contributed by atoms with van der Waals surface area (Å²) in [7, 11) is 0. The summed E-state index contributed by atoms with van der Waals surface area (Å²) < 4.78 is 0. The van der Waals surface area contributed by atoms with Crippen molar-refractivity contribution in [3.05, 3.63) is 35.9 Å². The van der Waals surface area contributed by atoms with Gasteiger partial charge in [-0.2, -0.15) is 4.99 Å². The fraction of sp³-hybridized carbons (Fsp3) is 0.250. The summed E-state index contributed by atoms with van der Waals surface area (Å²) >= 11 is 0. The van der Waals surface area contributed by atoms with E-state index in [1.165, 1.54) is 0 Å². The monoisotopic (exact) mass is 230 g/mol. The van der Waals surface area contributed by atoms with Crippen LogP contribution in [0.4, 0.5) is 0 Å². The first-order chi connectivity index (χ1) is 8.11. The van der Waals surface area contributed by atoms with Gasteiger partial charge in [0.05, 0.1) is 0 Å². The molecule has 0 aliphatic carbocycles. The van der Waals surface area contributed by atoms with Crippen molar-refractivity contribution in [3.63, 3.8) is 0 Å². The number of guanidine groups is 1. The molecule has 0 saturated heterocycles. The molecule has 1 aliphatic rings. The number of rotatable bonds is 2. The minimum absolute atomic E-state index is 0.181. The Morgan fingerprint density at radius 1 is 1.41 bits per heavy atom. The quantitative estimate of drug-likeness (QED) is 0.699. The van der Waals surface area contributed by atoms with Crippen molar-refractivity contribution in [2.24, 2.45) is 10.7 Å². The maximum absolute atomic E-state index is 12.2. The van der Waals surface area contributed by atoms with Gasteiger partial charge in [-0.1, -0.05) is 37.3 Å². The molecule has 1 atom stereocenters. The Labute approximate surface area is 99.2 Å². The molecule has 1 aromatic rings. The average Bonchev–Trinajstić information content (AvgIpc) is 2.30. The van der Waals surface area contributed by atoms with Crippen LogP contribution in [-0.4, -0.2) is 17.7 Å². The van der Waals surface area contributed by atoms with E-state index in [0.717, 1.165) is 5.56 Å². The standard InChI is InChI=1S/C12H14N4O/c1-2-12(8-6-4-3-5-7-8)9(13)15-11(14)16-10(12)17/h3-7H,2H2,1H3,(H4,13,14,15,16,17). The number of carbonyl (C=O) groups excluding carboxylic acids is 1. The highest BCUT2D eigenvalue weighted by Crippen LogP contribution is 2.30. The number of benzene rings is 1. The third kappa shape index (κ3) is 1.60.